The molecule has 0 aliphatic carbocycles. The molecule has 1 N–H and O–H groups in total. The minimum Gasteiger partial charge on any atom is -0.475 e. The maximum Gasteiger partial charge on any atom is 0.213 e. The first-order chi connectivity index (χ1) is 7.08. The van der Waals surface area contributed by atoms with Crippen molar-refractivity contribution in [3.63, 3.8) is 0 Å². The number of nitrogens with zero attached hydrogens (tertiary/aromatic N) is 1. The smallest absolute Gasteiger partial charge is 0.213 e. The number of hydrogen-bond acceptors (Lipinski definition) is 3. The van der Waals surface area contributed by atoms with E-state index in [1.54, 1.807) is 6.20 Å². The molecule has 1 aromatic rings. The van der Waals surface area contributed by atoms with Crippen molar-refractivity contribution in [1.29, 1.82) is 0 Å². The maximum atomic E-state index is 5.46. The molecule has 0 aliphatic heterocycles. The summed E-state index contributed by atoms with van der Waals surface area (Å²) in [6.45, 7) is 9.30. The Labute approximate surface area is 91.9 Å². The number of aromatic nitrogens is 1. The van der Waals surface area contributed by atoms with Gasteiger partial charge >= 0.3 is 0 Å². The maximum absolute atomic E-state index is 5.46. The molecule has 1 rings (SSSR count). The minimum atomic E-state index is 0.173. The average Bonchev–Trinajstić information content (AvgIpc) is 2.16. The quantitative estimate of drug-likeness (QED) is 0.807. The standard InChI is InChI=1S/C12H20N2O/c1-9(2)7-13-11-5-6-12(14-8-11)15-10(3)4/h5-6,8-10,13H,7H2,1-4H3. The Kier molecular flexibility index (Phi) is 4.40. The zero-order chi connectivity index (χ0) is 11.3. The number of pyridine rings is 1. The molecule has 3 heteroatoms. The zero-order valence-electron chi connectivity index (χ0n) is 9.95. The van der Waals surface area contributed by atoms with E-state index in [1.807, 2.05) is 26.0 Å². The van der Waals surface area contributed by atoms with Crippen LogP contribution >= 0.6 is 0 Å². The van der Waals surface area contributed by atoms with E-state index < -0.39 is 0 Å². The van der Waals surface area contributed by atoms with Crippen LogP contribution < -0.4 is 10.1 Å². The first-order valence-electron chi connectivity index (χ1n) is 5.44. The third kappa shape index (κ3) is 4.68. The average molecular weight is 208 g/mol. The van der Waals surface area contributed by atoms with Crippen LogP contribution in [0.2, 0.25) is 0 Å². The summed E-state index contributed by atoms with van der Waals surface area (Å²) >= 11 is 0. The second kappa shape index (κ2) is 5.59. The molecule has 1 heterocycles. The van der Waals surface area contributed by atoms with Crippen LogP contribution in [-0.4, -0.2) is 17.6 Å². The highest BCUT2D eigenvalue weighted by molar-refractivity contribution is 5.41. The van der Waals surface area contributed by atoms with Gasteiger partial charge in [0.1, 0.15) is 0 Å². The van der Waals surface area contributed by atoms with Gasteiger partial charge in [0, 0.05) is 12.6 Å². The normalized spacial score (nSPS) is 10.8. The van der Waals surface area contributed by atoms with E-state index in [1.165, 1.54) is 0 Å². The van der Waals surface area contributed by atoms with E-state index in [0.717, 1.165) is 12.2 Å². The van der Waals surface area contributed by atoms with Gasteiger partial charge in [-0.15, -0.1) is 0 Å². The van der Waals surface area contributed by atoms with Gasteiger partial charge in [-0.2, -0.15) is 0 Å². The lowest BCUT2D eigenvalue weighted by molar-refractivity contribution is 0.232. The molecule has 0 saturated heterocycles. The number of hydrogen-bond donors (Lipinski definition) is 1. The molecule has 0 spiro atoms. The summed E-state index contributed by atoms with van der Waals surface area (Å²) in [6.07, 6.45) is 1.98. The van der Waals surface area contributed by atoms with E-state index in [-0.39, 0.29) is 6.10 Å². The van der Waals surface area contributed by atoms with Crippen LogP contribution in [0, 0.1) is 5.92 Å². The molecule has 0 atom stereocenters. The first kappa shape index (κ1) is 11.8. The van der Waals surface area contributed by atoms with Gasteiger partial charge in [-0.05, 0) is 25.8 Å². The van der Waals surface area contributed by atoms with Crippen LogP contribution in [0.3, 0.4) is 0 Å². The van der Waals surface area contributed by atoms with E-state index >= 15 is 0 Å². The summed E-state index contributed by atoms with van der Waals surface area (Å²) in [6, 6.07) is 3.88. The topological polar surface area (TPSA) is 34.1 Å². The predicted molar refractivity (Wildman–Crippen MR) is 63.3 cm³/mol. The van der Waals surface area contributed by atoms with E-state index in [2.05, 4.69) is 24.1 Å². The Morgan fingerprint density at radius 3 is 2.47 bits per heavy atom. The molecule has 0 bridgehead atoms. The Morgan fingerprint density at radius 1 is 1.27 bits per heavy atom. The Bertz CT molecular complexity index is 280. The van der Waals surface area contributed by atoms with Crippen molar-refractivity contribution in [2.75, 3.05) is 11.9 Å². The molecule has 3 nitrogen and oxygen atoms in total. The predicted octanol–water partition coefficient (Wildman–Crippen LogP) is 2.94. The van der Waals surface area contributed by atoms with Crippen molar-refractivity contribution < 1.29 is 4.74 Å². The lowest BCUT2D eigenvalue weighted by Gasteiger charge is -2.11. The summed E-state index contributed by atoms with van der Waals surface area (Å²) < 4.78 is 5.46. The van der Waals surface area contributed by atoms with Crippen molar-refractivity contribution >= 4 is 5.69 Å². The van der Waals surface area contributed by atoms with Crippen molar-refractivity contribution in [2.45, 2.75) is 33.8 Å². The van der Waals surface area contributed by atoms with Gasteiger partial charge in [0.2, 0.25) is 5.88 Å². The molecule has 0 saturated carbocycles. The highest BCUT2D eigenvalue weighted by atomic mass is 16.5. The van der Waals surface area contributed by atoms with Crippen LogP contribution in [0.15, 0.2) is 18.3 Å². The van der Waals surface area contributed by atoms with Gasteiger partial charge in [-0.25, -0.2) is 4.98 Å². The molecule has 0 aliphatic rings. The summed E-state index contributed by atoms with van der Waals surface area (Å²) in [7, 11) is 0. The molecular weight excluding hydrogens is 188 g/mol. The summed E-state index contributed by atoms with van der Waals surface area (Å²) in [4.78, 5) is 4.21. The van der Waals surface area contributed by atoms with Crippen LogP contribution in [0.25, 0.3) is 0 Å². The highest BCUT2D eigenvalue weighted by Gasteiger charge is 1.99. The van der Waals surface area contributed by atoms with Crippen molar-refractivity contribution in [3.05, 3.63) is 18.3 Å². The lowest BCUT2D eigenvalue weighted by atomic mass is 10.2. The lowest BCUT2D eigenvalue weighted by Crippen LogP contribution is -2.09. The molecule has 15 heavy (non-hydrogen) atoms. The van der Waals surface area contributed by atoms with Crippen molar-refractivity contribution in [1.82, 2.24) is 4.98 Å². The summed E-state index contributed by atoms with van der Waals surface area (Å²) in [5, 5.41) is 3.31. The van der Waals surface area contributed by atoms with E-state index in [0.29, 0.717) is 11.8 Å². The molecule has 0 amide bonds. The summed E-state index contributed by atoms with van der Waals surface area (Å²) in [5.74, 6) is 1.32. The fourth-order valence-electron chi connectivity index (χ4n) is 1.12. The largest absolute Gasteiger partial charge is 0.475 e. The van der Waals surface area contributed by atoms with E-state index in [4.69, 9.17) is 4.74 Å². The van der Waals surface area contributed by atoms with Crippen LogP contribution in [0.1, 0.15) is 27.7 Å². The number of rotatable bonds is 5. The van der Waals surface area contributed by atoms with Crippen molar-refractivity contribution in [3.8, 4) is 5.88 Å². The molecule has 0 fully saturated rings. The van der Waals surface area contributed by atoms with Gasteiger partial charge in [0.25, 0.3) is 0 Å². The second-order valence-electron chi connectivity index (χ2n) is 4.33. The highest BCUT2D eigenvalue weighted by Crippen LogP contribution is 2.13. The number of ether oxygens (including phenoxy) is 1. The van der Waals surface area contributed by atoms with E-state index in [9.17, 15) is 0 Å². The third-order valence-electron chi connectivity index (χ3n) is 1.81. The van der Waals surface area contributed by atoms with Gasteiger partial charge < -0.3 is 10.1 Å². The molecule has 84 valence electrons. The molecule has 1 aromatic heterocycles. The van der Waals surface area contributed by atoms with Crippen LogP contribution in [-0.2, 0) is 0 Å². The molecular formula is C12H20N2O. The zero-order valence-corrected chi connectivity index (χ0v) is 9.95. The number of nitrogens with one attached hydrogen (secondary N) is 1. The van der Waals surface area contributed by atoms with Gasteiger partial charge in [-0.1, -0.05) is 13.8 Å². The molecule has 0 unspecified atom stereocenters. The fraction of sp³-hybridized carbons (Fsp3) is 0.583. The Hall–Kier alpha value is -1.25. The Balaban J connectivity index is 2.49. The number of anilines is 1. The SMILES string of the molecule is CC(C)CNc1ccc(OC(C)C)nc1. The summed E-state index contributed by atoms with van der Waals surface area (Å²) in [5.41, 5.74) is 1.04. The molecule has 0 aromatic carbocycles. The van der Waals surface area contributed by atoms with Crippen LogP contribution in [0.5, 0.6) is 5.88 Å². The monoisotopic (exact) mass is 208 g/mol. The van der Waals surface area contributed by atoms with Crippen LogP contribution in [0.4, 0.5) is 5.69 Å². The second-order valence-corrected chi connectivity index (χ2v) is 4.33. The third-order valence-corrected chi connectivity index (χ3v) is 1.81. The van der Waals surface area contributed by atoms with Gasteiger partial charge in [-0.3, -0.25) is 0 Å². The fourth-order valence-corrected chi connectivity index (χ4v) is 1.12. The van der Waals surface area contributed by atoms with Crippen molar-refractivity contribution in [2.24, 2.45) is 5.92 Å². The van der Waals surface area contributed by atoms with Gasteiger partial charge in [0.15, 0.2) is 0 Å². The van der Waals surface area contributed by atoms with Gasteiger partial charge in [0.05, 0.1) is 18.0 Å². The Morgan fingerprint density at radius 2 is 2.00 bits per heavy atom. The first-order valence-corrected chi connectivity index (χ1v) is 5.44. The minimum absolute atomic E-state index is 0.173. The molecule has 0 radical (unpaired) electrons.